The minimum Gasteiger partial charge on any atom is -0.497 e. The zero-order chi connectivity index (χ0) is 17.1. The van der Waals surface area contributed by atoms with E-state index in [2.05, 4.69) is 5.32 Å². The summed E-state index contributed by atoms with van der Waals surface area (Å²) in [4.78, 5) is 14.2. The third-order valence-corrected chi connectivity index (χ3v) is 5.07. The van der Waals surface area contributed by atoms with E-state index < -0.39 is 10.8 Å². The number of nitrogens with zero attached hydrogens (tertiary/aromatic N) is 1. The molecule has 1 aliphatic heterocycles. The molecule has 1 aliphatic rings. The van der Waals surface area contributed by atoms with Gasteiger partial charge in [0.05, 0.1) is 17.9 Å². The van der Waals surface area contributed by atoms with Crippen LogP contribution in [-0.4, -0.2) is 23.1 Å². The topological polar surface area (TPSA) is 58.6 Å². The zero-order valence-corrected chi connectivity index (χ0v) is 14.4. The molecule has 0 aliphatic carbocycles. The molecule has 1 fully saturated rings. The first-order valence-corrected chi connectivity index (χ1v) is 8.85. The molecule has 0 unspecified atom stereocenters. The van der Waals surface area contributed by atoms with E-state index in [1.807, 2.05) is 12.1 Å². The van der Waals surface area contributed by atoms with Gasteiger partial charge < -0.3 is 10.1 Å². The number of anilines is 2. The summed E-state index contributed by atoms with van der Waals surface area (Å²) in [6.45, 7) is 0. The molecule has 3 rings (SSSR count). The third-order valence-electron chi connectivity index (χ3n) is 3.55. The maximum absolute atomic E-state index is 12.5. The number of benzene rings is 2. The molecule has 1 heterocycles. The van der Waals surface area contributed by atoms with Gasteiger partial charge in [-0.25, -0.2) is 0 Å². The van der Waals surface area contributed by atoms with E-state index in [0.29, 0.717) is 10.7 Å². The Balaban J connectivity index is 1.76. The molecule has 24 heavy (non-hydrogen) atoms. The van der Waals surface area contributed by atoms with Crippen molar-refractivity contribution in [3.8, 4) is 5.75 Å². The lowest BCUT2D eigenvalue weighted by molar-refractivity contribution is -0.114. The number of rotatable bonds is 4. The van der Waals surface area contributed by atoms with Gasteiger partial charge in [-0.1, -0.05) is 11.6 Å². The highest BCUT2D eigenvalue weighted by molar-refractivity contribution is 7.90. The molecule has 124 valence electrons. The van der Waals surface area contributed by atoms with Crippen molar-refractivity contribution in [1.29, 1.82) is 0 Å². The second-order valence-electron chi connectivity index (χ2n) is 5.07. The highest BCUT2D eigenvalue weighted by Gasteiger charge is 2.33. The minimum atomic E-state index is -1.39. The largest absolute Gasteiger partial charge is 0.497 e. The average Bonchev–Trinajstić information content (AvgIpc) is 2.88. The van der Waals surface area contributed by atoms with E-state index in [9.17, 15) is 9.00 Å². The Kier molecular flexibility index (Phi) is 4.87. The maximum Gasteiger partial charge on any atom is 0.269 e. The fourth-order valence-electron chi connectivity index (χ4n) is 2.25. The van der Waals surface area contributed by atoms with E-state index in [4.69, 9.17) is 16.3 Å². The normalized spacial score (nSPS) is 18.9. The first-order chi connectivity index (χ1) is 11.6. The SMILES string of the molecule is COc1ccc(N/C=C2\C(=O)N(c3ccc(Cl)cc3)C[S@@]2=O)cc1. The predicted octanol–water partition coefficient (Wildman–Crippen LogP) is 3.35. The second-order valence-corrected chi connectivity index (χ2v) is 6.89. The van der Waals surface area contributed by atoms with E-state index >= 15 is 0 Å². The maximum atomic E-state index is 12.5. The number of ether oxygens (including phenoxy) is 1. The monoisotopic (exact) mass is 362 g/mol. The summed E-state index contributed by atoms with van der Waals surface area (Å²) < 4.78 is 17.3. The Morgan fingerprint density at radius 2 is 1.83 bits per heavy atom. The molecule has 0 radical (unpaired) electrons. The van der Waals surface area contributed by atoms with Crippen LogP contribution in [0.15, 0.2) is 59.6 Å². The molecule has 0 bridgehead atoms. The summed E-state index contributed by atoms with van der Waals surface area (Å²) >= 11 is 5.86. The third kappa shape index (κ3) is 3.44. The van der Waals surface area contributed by atoms with Crippen molar-refractivity contribution in [3.63, 3.8) is 0 Å². The van der Waals surface area contributed by atoms with Crippen LogP contribution in [0.5, 0.6) is 5.75 Å². The molecule has 2 aromatic carbocycles. The van der Waals surface area contributed by atoms with Crippen LogP contribution in [0.25, 0.3) is 0 Å². The van der Waals surface area contributed by atoms with Crippen molar-refractivity contribution >= 4 is 39.7 Å². The predicted molar refractivity (Wildman–Crippen MR) is 96.6 cm³/mol. The molecule has 5 nitrogen and oxygen atoms in total. The van der Waals surface area contributed by atoms with Gasteiger partial charge in [0.15, 0.2) is 0 Å². The Morgan fingerprint density at radius 3 is 2.46 bits per heavy atom. The lowest BCUT2D eigenvalue weighted by atomic mass is 10.3. The van der Waals surface area contributed by atoms with Crippen LogP contribution in [-0.2, 0) is 15.6 Å². The highest BCUT2D eigenvalue weighted by atomic mass is 35.5. The van der Waals surface area contributed by atoms with Gasteiger partial charge in [-0.2, -0.15) is 0 Å². The molecule has 1 N–H and O–H groups in total. The van der Waals surface area contributed by atoms with Gasteiger partial charge in [0.1, 0.15) is 16.5 Å². The molecule has 0 spiro atoms. The van der Waals surface area contributed by atoms with Crippen molar-refractivity contribution < 1.29 is 13.7 Å². The average molecular weight is 363 g/mol. The van der Waals surface area contributed by atoms with Crippen LogP contribution in [0.1, 0.15) is 0 Å². The summed E-state index contributed by atoms with van der Waals surface area (Å²) in [6, 6.07) is 14.1. The number of nitrogens with one attached hydrogen (secondary N) is 1. The van der Waals surface area contributed by atoms with Gasteiger partial charge in [0.25, 0.3) is 5.91 Å². The molecule has 2 aromatic rings. The first kappa shape index (κ1) is 16.5. The van der Waals surface area contributed by atoms with Crippen molar-refractivity contribution in [1.82, 2.24) is 0 Å². The van der Waals surface area contributed by atoms with E-state index in [0.717, 1.165) is 11.4 Å². The van der Waals surface area contributed by atoms with Crippen LogP contribution in [0.4, 0.5) is 11.4 Å². The molecule has 7 heteroatoms. The standard InChI is InChI=1S/C17H15ClN2O3S/c1-23-15-8-4-13(5-9-15)19-10-16-17(21)20(11-24(16)22)14-6-2-12(18)3-7-14/h2-10,19H,11H2,1H3/b16-10+/t24-/m0/s1. The van der Waals surface area contributed by atoms with Gasteiger partial charge in [-0.05, 0) is 48.5 Å². The zero-order valence-electron chi connectivity index (χ0n) is 12.9. The summed E-state index contributed by atoms with van der Waals surface area (Å²) in [7, 11) is 0.204. The Labute approximate surface area is 147 Å². The Bertz CT molecular complexity index is 804. The van der Waals surface area contributed by atoms with Crippen molar-refractivity contribution in [2.24, 2.45) is 0 Å². The van der Waals surface area contributed by atoms with Crippen molar-refractivity contribution in [3.05, 3.63) is 64.7 Å². The van der Waals surface area contributed by atoms with Gasteiger partial charge in [-0.3, -0.25) is 13.9 Å². The summed E-state index contributed by atoms with van der Waals surface area (Å²) in [5.74, 6) is 0.593. The lowest BCUT2D eigenvalue weighted by Gasteiger charge is -2.13. The van der Waals surface area contributed by atoms with Gasteiger partial charge in [-0.15, -0.1) is 0 Å². The van der Waals surface area contributed by atoms with Gasteiger partial charge in [0, 0.05) is 22.6 Å². The molecular weight excluding hydrogens is 348 g/mol. The summed E-state index contributed by atoms with van der Waals surface area (Å²) in [5, 5.41) is 3.59. The fraction of sp³-hybridized carbons (Fsp3) is 0.118. The molecule has 1 saturated heterocycles. The smallest absolute Gasteiger partial charge is 0.269 e. The molecule has 1 atom stereocenters. The van der Waals surface area contributed by atoms with Crippen LogP contribution in [0.3, 0.4) is 0 Å². The number of hydrogen-bond donors (Lipinski definition) is 1. The Hall–Kier alpha value is -2.31. The molecule has 0 aromatic heterocycles. The number of carbonyl (C=O) groups excluding carboxylic acids is 1. The molecule has 1 amide bonds. The van der Waals surface area contributed by atoms with Crippen LogP contribution in [0.2, 0.25) is 5.02 Å². The van der Waals surface area contributed by atoms with Gasteiger partial charge >= 0.3 is 0 Å². The lowest BCUT2D eigenvalue weighted by Crippen LogP contribution is -2.24. The van der Waals surface area contributed by atoms with Crippen LogP contribution < -0.4 is 15.0 Å². The van der Waals surface area contributed by atoms with Crippen LogP contribution >= 0.6 is 11.6 Å². The highest BCUT2D eigenvalue weighted by Crippen LogP contribution is 2.26. The fourth-order valence-corrected chi connectivity index (χ4v) is 3.51. The van der Waals surface area contributed by atoms with E-state index in [-0.39, 0.29) is 16.7 Å². The van der Waals surface area contributed by atoms with Crippen molar-refractivity contribution in [2.75, 3.05) is 23.2 Å². The minimum absolute atomic E-state index is 0.136. The number of halogens is 1. The van der Waals surface area contributed by atoms with Crippen molar-refractivity contribution in [2.45, 2.75) is 0 Å². The molecule has 0 saturated carbocycles. The number of hydrogen-bond acceptors (Lipinski definition) is 4. The Morgan fingerprint density at radius 1 is 1.17 bits per heavy atom. The summed E-state index contributed by atoms with van der Waals surface area (Å²) in [6.07, 6.45) is 1.50. The molecular formula is C17H15ClN2O3S. The van der Waals surface area contributed by atoms with Crippen LogP contribution in [0, 0.1) is 0 Å². The first-order valence-electron chi connectivity index (χ1n) is 7.15. The van der Waals surface area contributed by atoms with E-state index in [1.165, 1.54) is 11.1 Å². The second kappa shape index (κ2) is 7.07. The van der Waals surface area contributed by atoms with Gasteiger partial charge in [0.2, 0.25) is 0 Å². The number of amides is 1. The number of methoxy groups -OCH3 is 1. The number of carbonyl (C=O) groups is 1. The van der Waals surface area contributed by atoms with E-state index in [1.54, 1.807) is 43.5 Å². The quantitative estimate of drug-likeness (QED) is 0.847. The summed E-state index contributed by atoms with van der Waals surface area (Å²) in [5.41, 5.74) is 1.45.